The molecule has 3 rings (SSSR count). The zero-order valence-corrected chi connectivity index (χ0v) is 13.4. The Morgan fingerprint density at radius 3 is 2.45 bits per heavy atom. The van der Waals surface area contributed by atoms with Gasteiger partial charge >= 0.3 is 0 Å². The highest BCUT2D eigenvalue weighted by atomic mass is 15.3. The molecule has 0 aromatic carbocycles. The highest BCUT2D eigenvalue weighted by molar-refractivity contribution is 5.10. The van der Waals surface area contributed by atoms with Gasteiger partial charge in [0, 0.05) is 38.3 Å². The van der Waals surface area contributed by atoms with Crippen LogP contribution in [0.4, 0.5) is 0 Å². The molecule has 114 valence electrons. The molecule has 1 saturated heterocycles. The first kappa shape index (κ1) is 14.6. The lowest BCUT2D eigenvalue weighted by Crippen LogP contribution is -2.57. The predicted octanol–water partition coefficient (Wildman–Crippen LogP) is 1.81. The topological polar surface area (TPSA) is 18.5 Å². The SMILES string of the molecule is CN1CCN(C(C)(C)CNCC2CC3C=CC2C3)CC1. The van der Waals surface area contributed by atoms with Crippen molar-refractivity contribution in [3.05, 3.63) is 12.2 Å². The van der Waals surface area contributed by atoms with Crippen molar-refractivity contribution < 1.29 is 0 Å². The van der Waals surface area contributed by atoms with E-state index in [1.165, 1.54) is 45.6 Å². The van der Waals surface area contributed by atoms with Crippen LogP contribution < -0.4 is 5.32 Å². The molecule has 0 aromatic heterocycles. The number of allylic oxidation sites excluding steroid dienone is 2. The van der Waals surface area contributed by atoms with Crippen LogP contribution in [0.3, 0.4) is 0 Å². The molecule has 3 unspecified atom stereocenters. The van der Waals surface area contributed by atoms with Gasteiger partial charge in [-0.1, -0.05) is 12.2 Å². The van der Waals surface area contributed by atoms with Gasteiger partial charge in [-0.15, -0.1) is 0 Å². The van der Waals surface area contributed by atoms with E-state index in [1.807, 2.05) is 0 Å². The molecule has 3 aliphatic rings. The van der Waals surface area contributed by atoms with Crippen LogP contribution in [0.5, 0.6) is 0 Å². The van der Waals surface area contributed by atoms with Crippen LogP contribution in [-0.4, -0.2) is 61.7 Å². The van der Waals surface area contributed by atoms with Gasteiger partial charge in [0.05, 0.1) is 0 Å². The molecular weight excluding hydrogens is 246 g/mol. The summed E-state index contributed by atoms with van der Waals surface area (Å²) in [5.74, 6) is 2.67. The van der Waals surface area contributed by atoms with E-state index in [1.54, 1.807) is 0 Å². The molecular formula is C17H31N3. The van der Waals surface area contributed by atoms with Crippen LogP contribution in [0, 0.1) is 17.8 Å². The Morgan fingerprint density at radius 1 is 1.10 bits per heavy atom. The van der Waals surface area contributed by atoms with Crippen LogP contribution in [-0.2, 0) is 0 Å². The maximum absolute atomic E-state index is 3.77. The number of fused-ring (bicyclic) bond motifs is 2. The maximum atomic E-state index is 3.77. The molecule has 1 heterocycles. The normalized spacial score (nSPS) is 35.0. The minimum Gasteiger partial charge on any atom is -0.315 e. The fourth-order valence-electron chi connectivity index (χ4n) is 4.22. The van der Waals surface area contributed by atoms with Gasteiger partial charge < -0.3 is 10.2 Å². The fraction of sp³-hybridized carbons (Fsp3) is 0.882. The number of rotatable bonds is 5. The van der Waals surface area contributed by atoms with Crippen molar-refractivity contribution in [3.63, 3.8) is 0 Å². The first-order valence-corrected chi connectivity index (χ1v) is 8.37. The van der Waals surface area contributed by atoms with E-state index in [2.05, 4.69) is 48.2 Å². The summed E-state index contributed by atoms with van der Waals surface area (Å²) in [6.07, 6.45) is 7.75. The molecule has 3 nitrogen and oxygen atoms in total. The molecule has 3 atom stereocenters. The van der Waals surface area contributed by atoms with Crippen LogP contribution in [0.1, 0.15) is 26.7 Å². The van der Waals surface area contributed by atoms with Gasteiger partial charge in [0.25, 0.3) is 0 Å². The molecule has 20 heavy (non-hydrogen) atoms. The van der Waals surface area contributed by atoms with Crippen LogP contribution >= 0.6 is 0 Å². The molecule has 2 bridgehead atoms. The largest absolute Gasteiger partial charge is 0.315 e. The lowest BCUT2D eigenvalue weighted by molar-refractivity contribution is 0.0612. The molecule has 2 aliphatic carbocycles. The zero-order valence-electron chi connectivity index (χ0n) is 13.4. The van der Waals surface area contributed by atoms with Crippen molar-refractivity contribution >= 4 is 0 Å². The van der Waals surface area contributed by atoms with Crippen molar-refractivity contribution in [1.82, 2.24) is 15.1 Å². The summed E-state index contributed by atoms with van der Waals surface area (Å²) in [4.78, 5) is 5.09. The molecule has 0 aromatic rings. The molecule has 0 spiro atoms. The third-order valence-electron chi connectivity index (χ3n) is 5.74. The lowest BCUT2D eigenvalue weighted by atomic mass is 9.93. The molecule has 1 N–H and O–H groups in total. The van der Waals surface area contributed by atoms with Crippen LogP contribution in [0.15, 0.2) is 12.2 Å². The average molecular weight is 277 g/mol. The number of hydrogen-bond acceptors (Lipinski definition) is 3. The second kappa shape index (κ2) is 5.78. The second-order valence-corrected chi connectivity index (χ2v) is 7.77. The number of hydrogen-bond donors (Lipinski definition) is 1. The second-order valence-electron chi connectivity index (χ2n) is 7.77. The maximum Gasteiger partial charge on any atom is 0.0278 e. The monoisotopic (exact) mass is 277 g/mol. The Hall–Kier alpha value is -0.380. The van der Waals surface area contributed by atoms with Crippen molar-refractivity contribution in [2.45, 2.75) is 32.2 Å². The smallest absolute Gasteiger partial charge is 0.0278 e. The van der Waals surface area contributed by atoms with E-state index < -0.39 is 0 Å². The first-order chi connectivity index (χ1) is 9.54. The van der Waals surface area contributed by atoms with Gasteiger partial charge in [-0.3, -0.25) is 4.90 Å². The summed E-state index contributed by atoms with van der Waals surface area (Å²) >= 11 is 0. The molecule has 1 aliphatic heterocycles. The van der Waals surface area contributed by atoms with Gasteiger partial charge in [0.1, 0.15) is 0 Å². The lowest BCUT2D eigenvalue weighted by Gasteiger charge is -2.43. The Kier molecular flexibility index (Phi) is 4.21. The standard InChI is InChI=1S/C17H31N3/c1-17(2,20-8-6-19(3)7-9-20)13-18-12-16-11-14-4-5-15(16)10-14/h4-5,14-16,18H,6-13H2,1-3H3. The summed E-state index contributed by atoms with van der Waals surface area (Å²) in [6, 6.07) is 0. The number of nitrogens with one attached hydrogen (secondary N) is 1. The Balaban J connectivity index is 1.42. The highest BCUT2D eigenvalue weighted by Gasteiger charge is 2.35. The molecule has 1 saturated carbocycles. The quantitative estimate of drug-likeness (QED) is 0.773. The van der Waals surface area contributed by atoms with Crippen LogP contribution in [0.2, 0.25) is 0 Å². The van der Waals surface area contributed by atoms with Crippen molar-refractivity contribution in [2.24, 2.45) is 17.8 Å². The van der Waals surface area contributed by atoms with Gasteiger partial charge in [-0.25, -0.2) is 0 Å². The third-order valence-corrected chi connectivity index (χ3v) is 5.74. The van der Waals surface area contributed by atoms with Gasteiger partial charge in [0.15, 0.2) is 0 Å². The third kappa shape index (κ3) is 3.10. The number of likely N-dealkylation sites (N-methyl/N-ethyl adjacent to an activating group) is 1. The zero-order chi connectivity index (χ0) is 14.2. The van der Waals surface area contributed by atoms with E-state index in [4.69, 9.17) is 0 Å². The predicted molar refractivity (Wildman–Crippen MR) is 84.9 cm³/mol. The van der Waals surface area contributed by atoms with Crippen molar-refractivity contribution in [2.75, 3.05) is 46.3 Å². The van der Waals surface area contributed by atoms with E-state index in [0.29, 0.717) is 0 Å². The molecule has 2 fully saturated rings. The molecule has 0 radical (unpaired) electrons. The van der Waals surface area contributed by atoms with E-state index in [9.17, 15) is 0 Å². The fourth-order valence-corrected chi connectivity index (χ4v) is 4.22. The van der Waals surface area contributed by atoms with Gasteiger partial charge in [-0.05, 0) is 58.0 Å². The number of piperazine rings is 1. The number of nitrogens with zero attached hydrogens (tertiary/aromatic N) is 2. The Morgan fingerprint density at radius 2 is 1.85 bits per heavy atom. The summed E-state index contributed by atoms with van der Waals surface area (Å²) in [6.45, 7) is 12.0. The summed E-state index contributed by atoms with van der Waals surface area (Å²) in [5.41, 5.74) is 0.286. The minimum absolute atomic E-state index is 0.286. The Bertz CT molecular complexity index is 355. The van der Waals surface area contributed by atoms with E-state index >= 15 is 0 Å². The summed E-state index contributed by atoms with van der Waals surface area (Å²) < 4.78 is 0. The van der Waals surface area contributed by atoms with Crippen molar-refractivity contribution in [3.8, 4) is 0 Å². The highest BCUT2D eigenvalue weighted by Crippen LogP contribution is 2.42. The average Bonchev–Trinajstić information content (AvgIpc) is 3.01. The van der Waals surface area contributed by atoms with Crippen LogP contribution in [0.25, 0.3) is 0 Å². The summed E-state index contributed by atoms with van der Waals surface area (Å²) in [5, 5.41) is 3.77. The summed E-state index contributed by atoms with van der Waals surface area (Å²) in [7, 11) is 2.23. The minimum atomic E-state index is 0.286. The first-order valence-electron chi connectivity index (χ1n) is 8.37. The van der Waals surface area contributed by atoms with Gasteiger partial charge in [-0.2, -0.15) is 0 Å². The van der Waals surface area contributed by atoms with Gasteiger partial charge in [0.2, 0.25) is 0 Å². The van der Waals surface area contributed by atoms with E-state index in [-0.39, 0.29) is 5.54 Å². The molecule has 0 amide bonds. The van der Waals surface area contributed by atoms with E-state index in [0.717, 1.165) is 24.3 Å². The van der Waals surface area contributed by atoms with Crippen molar-refractivity contribution in [1.29, 1.82) is 0 Å². The Labute approximate surface area is 124 Å². The molecule has 3 heteroatoms.